The average molecular weight is 683 g/mol. The van der Waals surface area contributed by atoms with Crippen molar-refractivity contribution in [3.63, 3.8) is 0 Å². The number of allylic oxidation sites excluding steroid dienone is 5. The fraction of sp³-hybridized carbons (Fsp3) is 0.568. The summed E-state index contributed by atoms with van der Waals surface area (Å²) in [7, 11) is 1.64. The number of methoxy groups -OCH3 is 1. The van der Waals surface area contributed by atoms with Gasteiger partial charge in [0, 0.05) is 51.0 Å². The zero-order valence-corrected chi connectivity index (χ0v) is 30.9. The molecule has 0 spiro atoms. The van der Waals surface area contributed by atoms with Crippen molar-refractivity contribution in [1.29, 1.82) is 5.26 Å². The molecular weight excluding hydrogens is 625 g/mol. The molecule has 1 aliphatic heterocycles. The highest BCUT2D eigenvalue weighted by Gasteiger charge is 2.31. The number of aliphatic hydroxyl groups excluding tert-OH is 1. The van der Waals surface area contributed by atoms with E-state index in [2.05, 4.69) is 73.9 Å². The summed E-state index contributed by atoms with van der Waals surface area (Å²) in [4.78, 5) is 17.4. The summed E-state index contributed by atoms with van der Waals surface area (Å²) >= 11 is 0. The van der Waals surface area contributed by atoms with Crippen molar-refractivity contribution in [3.05, 3.63) is 71.5 Å². The molecule has 2 aromatic heterocycles. The van der Waals surface area contributed by atoms with Gasteiger partial charge in [-0.3, -0.25) is 9.80 Å². The van der Waals surface area contributed by atoms with Gasteiger partial charge in [0.2, 0.25) is 0 Å². The SMILES string of the molecule is CC.CCC.CCCCO.COCCCOC(=O)C1CCC(c2nc3c(C4=CN(C5=CC=CCC=C5)NC4)cnn3cc2C#N)CC1.S. The normalized spacial score (nSPS) is 17.9. The third-order valence-electron chi connectivity index (χ3n) is 7.65. The molecular formula is C37H58N6O4S. The van der Waals surface area contributed by atoms with Crippen molar-refractivity contribution < 1.29 is 19.4 Å². The molecule has 0 aromatic carbocycles. The molecule has 48 heavy (non-hydrogen) atoms. The van der Waals surface area contributed by atoms with E-state index in [0.717, 1.165) is 73.1 Å². The molecule has 0 saturated heterocycles. The van der Waals surface area contributed by atoms with Crippen LogP contribution < -0.4 is 5.43 Å². The Kier molecular flexibility index (Phi) is 21.9. The number of fused-ring (bicyclic) bond motifs is 1. The molecule has 0 radical (unpaired) electrons. The van der Waals surface area contributed by atoms with Crippen LogP contribution in [0.3, 0.4) is 0 Å². The largest absolute Gasteiger partial charge is 0.465 e. The number of ether oxygens (including phenoxy) is 2. The lowest BCUT2D eigenvalue weighted by molar-refractivity contribution is -0.150. The zero-order valence-electron chi connectivity index (χ0n) is 29.9. The van der Waals surface area contributed by atoms with Crippen LogP contribution in [0.2, 0.25) is 0 Å². The predicted molar refractivity (Wildman–Crippen MR) is 198 cm³/mol. The van der Waals surface area contributed by atoms with E-state index in [1.807, 2.05) is 25.1 Å². The average Bonchev–Trinajstić information content (AvgIpc) is 3.66. The summed E-state index contributed by atoms with van der Waals surface area (Å²) in [6.07, 6.45) is 24.1. The Balaban J connectivity index is 0.000000933. The van der Waals surface area contributed by atoms with Crippen molar-refractivity contribution in [2.24, 2.45) is 5.92 Å². The number of carbonyl (C=O) groups is 1. The number of nitrogens with zero attached hydrogens (tertiary/aromatic N) is 5. The van der Waals surface area contributed by atoms with Crippen molar-refractivity contribution in [2.45, 2.75) is 98.3 Å². The minimum atomic E-state index is -0.129. The quantitative estimate of drug-likeness (QED) is 0.195. The molecule has 0 atom stereocenters. The number of hydrogen-bond donors (Lipinski definition) is 2. The lowest BCUT2D eigenvalue weighted by Crippen LogP contribution is -2.27. The summed E-state index contributed by atoms with van der Waals surface area (Å²) in [5.74, 6) is -0.0995. The molecule has 2 aliphatic carbocycles. The summed E-state index contributed by atoms with van der Waals surface area (Å²) in [5.41, 5.74) is 8.59. The number of esters is 1. The fourth-order valence-corrected chi connectivity index (χ4v) is 5.28. The van der Waals surface area contributed by atoms with Crippen molar-refractivity contribution in [1.82, 2.24) is 25.0 Å². The maximum absolute atomic E-state index is 12.4. The summed E-state index contributed by atoms with van der Waals surface area (Å²) in [6, 6.07) is 2.31. The Morgan fingerprint density at radius 1 is 1.12 bits per heavy atom. The first kappa shape index (κ1) is 42.6. The van der Waals surface area contributed by atoms with E-state index < -0.39 is 0 Å². The van der Waals surface area contributed by atoms with Crippen LogP contribution >= 0.6 is 13.5 Å². The molecule has 0 bridgehead atoms. The molecule has 3 heterocycles. The van der Waals surface area contributed by atoms with Gasteiger partial charge in [0.05, 0.1) is 41.9 Å². The van der Waals surface area contributed by atoms with Crippen LogP contribution in [0.5, 0.6) is 0 Å². The van der Waals surface area contributed by atoms with Crippen LogP contribution in [0, 0.1) is 17.2 Å². The molecule has 10 nitrogen and oxygen atoms in total. The first-order chi connectivity index (χ1) is 23.0. The standard InChI is InChI=1S/C28H32N6O3.C4H10O.C3H8.C2H6.H2S/c1-36-13-6-14-37-28(35)21-11-9-20(10-12-21)26-22(15-29)18-34-27(32-26)25(17-31-34)23-16-30-33(19-23)24-7-4-2-3-5-8-24;1-2-3-4-5;1-3-2;1-2;/h2,4-5,7-8,17-21,30H,3,6,9-14,16H2,1H3;5H,2-4H2,1H3;3H2,1-2H3;1-2H3;1H2. The van der Waals surface area contributed by atoms with E-state index in [1.165, 1.54) is 6.42 Å². The number of aromatic nitrogens is 3. The van der Waals surface area contributed by atoms with Gasteiger partial charge in [0.1, 0.15) is 6.07 Å². The molecule has 2 N–H and O–H groups in total. The molecule has 2 aromatic rings. The molecule has 0 unspecified atom stereocenters. The van der Waals surface area contributed by atoms with Gasteiger partial charge in [-0.05, 0) is 56.3 Å². The van der Waals surface area contributed by atoms with Crippen LogP contribution in [0.1, 0.15) is 115 Å². The van der Waals surface area contributed by atoms with Crippen LogP contribution in [0.25, 0.3) is 11.2 Å². The van der Waals surface area contributed by atoms with Crippen molar-refractivity contribution >= 4 is 30.7 Å². The van der Waals surface area contributed by atoms with Gasteiger partial charge in [0.25, 0.3) is 0 Å². The summed E-state index contributed by atoms with van der Waals surface area (Å²) in [6.45, 7) is 12.3. The fourth-order valence-electron chi connectivity index (χ4n) is 5.28. The Hall–Kier alpha value is -3.43. The number of nitrogens with one attached hydrogen (secondary N) is 1. The zero-order chi connectivity index (χ0) is 34.4. The second-order valence-corrected chi connectivity index (χ2v) is 11.3. The number of hydrogen-bond acceptors (Lipinski definition) is 9. The van der Waals surface area contributed by atoms with Gasteiger partial charge in [-0.2, -0.15) is 23.9 Å². The maximum Gasteiger partial charge on any atom is 0.308 e. The van der Waals surface area contributed by atoms with Gasteiger partial charge in [0.15, 0.2) is 5.65 Å². The van der Waals surface area contributed by atoms with E-state index in [1.54, 1.807) is 17.8 Å². The molecule has 0 amide bonds. The minimum Gasteiger partial charge on any atom is -0.465 e. The van der Waals surface area contributed by atoms with Gasteiger partial charge < -0.3 is 14.6 Å². The molecule has 3 aliphatic rings. The summed E-state index contributed by atoms with van der Waals surface area (Å²) in [5, 5.41) is 24.4. The highest BCUT2D eigenvalue weighted by molar-refractivity contribution is 7.59. The number of nitriles is 1. The molecule has 1 fully saturated rings. The van der Waals surface area contributed by atoms with E-state index in [4.69, 9.17) is 19.6 Å². The van der Waals surface area contributed by atoms with E-state index in [0.29, 0.717) is 38.3 Å². The van der Waals surface area contributed by atoms with Crippen LogP contribution in [-0.2, 0) is 14.3 Å². The first-order valence-electron chi connectivity index (χ1n) is 17.3. The molecule has 1 saturated carbocycles. The number of carbonyl (C=O) groups excluding carboxylic acids is 1. The lowest BCUT2D eigenvalue weighted by Gasteiger charge is -2.27. The van der Waals surface area contributed by atoms with E-state index >= 15 is 0 Å². The number of rotatable bonds is 10. The highest BCUT2D eigenvalue weighted by Crippen LogP contribution is 2.37. The maximum atomic E-state index is 12.4. The molecule has 11 heteroatoms. The highest BCUT2D eigenvalue weighted by atomic mass is 32.1. The van der Waals surface area contributed by atoms with Crippen LogP contribution in [0.4, 0.5) is 0 Å². The number of aliphatic hydroxyl groups is 1. The van der Waals surface area contributed by atoms with E-state index in [9.17, 15) is 10.1 Å². The smallest absolute Gasteiger partial charge is 0.308 e. The van der Waals surface area contributed by atoms with Crippen molar-refractivity contribution in [2.75, 3.05) is 33.5 Å². The molecule has 5 rings (SSSR count). The van der Waals surface area contributed by atoms with Gasteiger partial charge in [-0.1, -0.05) is 65.7 Å². The second-order valence-electron chi connectivity index (χ2n) is 11.3. The van der Waals surface area contributed by atoms with Gasteiger partial charge >= 0.3 is 5.97 Å². The van der Waals surface area contributed by atoms with Gasteiger partial charge in [-0.15, -0.1) is 0 Å². The van der Waals surface area contributed by atoms with Crippen LogP contribution in [-0.4, -0.2) is 64.2 Å². The minimum absolute atomic E-state index is 0. The lowest BCUT2D eigenvalue weighted by atomic mass is 9.79. The Morgan fingerprint density at radius 3 is 2.48 bits per heavy atom. The Bertz CT molecular complexity index is 1380. The number of unbranched alkanes of at least 4 members (excludes halogenated alkanes) is 1. The monoisotopic (exact) mass is 682 g/mol. The Morgan fingerprint density at radius 2 is 1.85 bits per heavy atom. The van der Waals surface area contributed by atoms with Crippen molar-refractivity contribution in [3.8, 4) is 6.07 Å². The third-order valence-corrected chi connectivity index (χ3v) is 7.65. The predicted octanol–water partition coefficient (Wildman–Crippen LogP) is 7.35. The first-order valence-corrected chi connectivity index (χ1v) is 17.3. The molecule has 266 valence electrons. The topological polar surface area (TPSA) is 125 Å². The third kappa shape index (κ3) is 12.9. The summed E-state index contributed by atoms with van der Waals surface area (Å²) < 4.78 is 12.1. The van der Waals surface area contributed by atoms with Gasteiger partial charge in [-0.25, -0.2) is 14.9 Å². The van der Waals surface area contributed by atoms with Crippen LogP contribution in [0.15, 0.2) is 54.7 Å². The van der Waals surface area contributed by atoms with E-state index in [-0.39, 0.29) is 31.3 Å². The second kappa shape index (κ2) is 24.7. The Labute approximate surface area is 295 Å². The number of hydrazine groups is 1.